The summed E-state index contributed by atoms with van der Waals surface area (Å²) in [6, 6.07) is 69.9. The molecule has 0 aliphatic carbocycles. The summed E-state index contributed by atoms with van der Waals surface area (Å²) in [6.07, 6.45) is 0. The van der Waals surface area contributed by atoms with Crippen LogP contribution in [0.3, 0.4) is 0 Å². The van der Waals surface area contributed by atoms with E-state index in [0.717, 1.165) is 34.1 Å². The molecule has 3 heterocycles. The molecule has 0 unspecified atom stereocenters. The van der Waals surface area contributed by atoms with Crippen LogP contribution < -0.4 is 14.7 Å². The van der Waals surface area contributed by atoms with E-state index in [0.29, 0.717) is 0 Å². The monoisotopic (exact) mass is 819 g/mol. The molecule has 0 spiro atoms. The van der Waals surface area contributed by atoms with Crippen LogP contribution in [-0.2, 0) is 10.8 Å². The summed E-state index contributed by atoms with van der Waals surface area (Å²) in [5.74, 6) is 0. The van der Waals surface area contributed by atoms with E-state index in [1.54, 1.807) is 0 Å². The van der Waals surface area contributed by atoms with Crippen LogP contribution in [0.1, 0.15) is 52.7 Å². The Bertz CT molecular complexity index is 3130. The topological polar surface area (TPSA) is 9.72 Å². The van der Waals surface area contributed by atoms with Gasteiger partial charge in [0.15, 0.2) is 0 Å². The predicted molar refractivity (Wildman–Crippen MR) is 267 cm³/mol. The van der Waals surface area contributed by atoms with Gasteiger partial charge < -0.3 is 9.80 Å². The van der Waals surface area contributed by atoms with Crippen molar-refractivity contribution < 1.29 is 0 Å². The van der Waals surface area contributed by atoms with Crippen LogP contribution in [0.4, 0.5) is 50.5 Å². The molecule has 302 valence electrons. The summed E-state index contributed by atoms with van der Waals surface area (Å²) < 4.78 is 1.26. The Hall–Kier alpha value is -6.88. The summed E-state index contributed by atoms with van der Waals surface area (Å²) in [6.45, 7) is 13.6. The standard InChI is InChI=1S/C58H49N3S/c1-57(2,3)44-29-23-39(24-30-44)41-17-13-20-47(35-41)60-51-22-14-21-50-55(51)61(56-54(60)48-36-42(28-34-53(48)62-56)38-15-9-7-10-16-38)49-33-27-43(40-25-31-45(32-26-40)58(4,5)6)37-52(49)59(50)46-18-11-8-12-19-46/h7-37H,1-6H3. The molecule has 0 saturated heterocycles. The van der Waals surface area contributed by atoms with Crippen molar-refractivity contribution >= 4 is 71.9 Å². The predicted octanol–water partition coefficient (Wildman–Crippen LogP) is 17.5. The molecular weight excluding hydrogens is 771 g/mol. The Morgan fingerprint density at radius 3 is 1.48 bits per heavy atom. The van der Waals surface area contributed by atoms with Crippen LogP contribution in [-0.4, -0.2) is 0 Å². The second-order valence-electron chi connectivity index (χ2n) is 18.7. The maximum absolute atomic E-state index is 2.56. The van der Waals surface area contributed by atoms with Gasteiger partial charge in [0.2, 0.25) is 0 Å². The van der Waals surface area contributed by atoms with E-state index in [4.69, 9.17) is 0 Å². The first-order chi connectivity index (χ1) is 30.0. The molecule has 0 saturated carbocycles. The largest absolute Gasteiger partial charge is 0.306 e. The van der Waals surface area contributed by atoms with Crippen LogP contribution in [0.2, 0.25) is 0 Å². The molecule has 0 N–H and O–H groups in total. The van der Waals surface area contributed by atoms with E-state index in [1.807, 2.05) is 11.3 Å². The molecule has 11 rings (SSSR count). The lowest BCUT2D eigenvalue weighted by Crippen LogP contribution is -2.29. The Balaban J connectivity index is 1.15. The molecule has 0 amide bonds. The van der Waals surface area contributed by atoms with E-state index < -0.39 is 0 Å². The minimum atomic E-state index is 0.0882. The van der Waals surface area contributed by atoms with Gasteiger partial charge in [0, 0.05) is 21.5 Å². The molecule has 0 fully saturated rings. The third kappa shape index (κ3) is 6.32. The smallest absolute Gasteiger partial charge is 0.126 e. The van der Waals surface area contributed by atoms with Crippen molar-refractivity contribution in [1.29, 1.82) is 0 Å². The maximum Gasteiger partial charge on any atom is 0.126 e. The molecule has 0 bridgehead atoms. The summed E-state index contributed by atoms with van der Waals surface area (Å²) in [5, 5.41) is 2.45. The number of anilines is 9. The number of para-hydroxylation sites is 2. The highest BCUT2D eigenvalue weighted by atomic mass is 32.1. The lowest BCUT2D eigenvalue weighted by Gasteiger charge is -2.46. The normalized spacial score (nSPS) is 13.2. The van der Waals surface area contributed by atoms with E-state index in [2.05, 4.69) is 244 Å². The van der Waals surface area contributed by atoms with Gasteiger partial charge in [0.25, 0.3) is 0 Å². The van der Waals surface area contributed by atoms with Crippen molar-refractivity contribution in [2.45, 2.75) is 52.4 Å². The molecule has 8 aromatic carbocycles. The Kier molecular flexibility index (Phi) is 8.82. The van der Waals surface area contributed by atoms with Gasteiger partial charge in [-0.2, -0.15) is 0 Å². The molecule has 4 heteroatoms. The zero-order chi connectivity index (χ0) is 42.3. The van der Waals surface area contributed by atoms with Crippen LogP contribution in [0.25, 0.3) is 43.5 Å². The minimum Gasteiger partial charge on any atom is -0.306 e. The zero-order valence-corrected chi connectivity index (χ0v) is 37.0. The van der Waals surface area contributed by atoms with E-state index in [1.165, 1.54) is 71.0 Å². The lowest BCUT2D eigenvalue weighted by atomic mass is 9.86. The molecule has 2 aliphatic heterocycles. The van der Waals surface area contributed by atoms with Gasteiger partial charge in [0.05, 0.1) is 34.1 Å². The number of nitrogens with zero attached hydrogens (tertiary/aromatic N) is 3. The lowest BCUT2D eigenvalue weighted by molar-refractivity contribution is 0.590. The van der Waals surface area contributed by atoms with Crippen molar-refractivity contribution in [3.63, 3.8) is 0 Å². The van der Waals surface area contributed by atoms with Gasteiger partial charge in [-0.3, -0.25) is 4.90 Å². The van der Waals surface area contributed by atoms with Gasteiger partial charge in [0.1, 0.15) is 5.00 Å². The molecule has 0 radical (unpaired) electrons. The maximum atomic E-state index is 2.56. The first-order valence-electron chi connectivity index (χ1n) is 21.7. The summed E-state index contributed by atoms with van der Waals surface area (Å²) in [4.78, 5) is 7.55. The van der Waals surface area contributed by atoms with Crippen molar-refractivity contribution in [1.82, 2.24) is 0 Å². The van der Waals surface area contributed by atoms with Crippen LogP contribution in [0, 0.1) is 0 Å². The third-order valence-corrected chi connectivity index (χ3v) is 13.8. The SMILES string of the molecule is CC(C)(C)c1ccc(-c2cccc(N3c4cccc5c4N(c4ccc(-c6ccc(C(C)(C)C)cc6)cc4N5c4ccccc4)c4sc5ccc(-c6ccccc6)cc5c43)c2)cc1. The molecule has 2 aliphatic rings. The van der Waals surface area contributed by atoms with Gasteiger partial charge in [-0.1, -0.05) is 169 Å². The third-order valence-electron chi connectivity index (χ3n) is 12.6. The van der Waals surface area contributed by atoms with Gasteiger partial charge >= 0.3 is 0 Å². The Morgan fingerprint density at radius 2 is 0.839 bits per heavy atom. The van der Waals surface area contributed by atoms with Crippen molar-refractivity contribution in [3.05, 3.63) is 199 Å². The number of rotatable bonds is 5. The second-order valence-corrected chi connectivity index (χ2v) is 19.8. The molecule has 0 atom stereocenters. The average Bonchev–Trinajstić information content (AvgIpc) is 3.67. The fraction of sp³-hybridized carbons (Fsp3) is 0.138. The molecule has 9 aromatic rings. The molecule has 62 heavy (non-hydrogen) atoms. The number of thiophene rings is 1. The summed E-state index contributed by atoms with van der Waals surface area (Å²) >= 11 is 1.88. The average molecular weight is 820 g/mol. The minimum absolute atomic E-state index is 0.0882. The Morgan fingerprint density at radius 1 is 0.339 bits per heavy atom. The highest BCUT2D eigenvalue weighted by Gasteiger charge is 2.41. The first-order valence-corrected chi connectivity index (χ1v) is 22.5. The van der Waals surface area contributed by atoms with Crippen molar-refractivity contribution in [2.24, 2.45) is 0 Å². The highest BCUT2D eigenvalue weighted by molar-refractivity contribution is 7.24. The van der Waals surface area contributed by atoms with Crippen LogP contribution >= 0.6 is 11.3 Å². The summed E-state index contributed by atoms with van der Waals surface area (Å²) in [5.41, 5.74) is 19.3. The Labute approximate surface area is 369 Å². The van der Waals surface area contributed by atoms with Crippen molar-refractivity contribution in [3.8, 4) is 33.4 Å². The van der Waals surface area contributed by atoms with Gasteiger partial charge in [-0.05, 0) is 116 Å². The van der Waals surface area contributed by atoms with E-state index in [-0.39, 0.29) is 10.8 Å². The van der Waals surface area contributed by atoms with E-state index in [9.17, 15) is 0 Å². The number of benzene rings is 8. The first kappa shape index (κ1) is 38.1. The molecule has 3 nitrogen and oxygen atoms in total. The van der Waals surface area contributed by atoms with Gasteiger partial charge in [-0.15, -0.1) is 11.3 Å². The van der Waals surface area contributed by atoms with Crippen molar-refractivity contribution in [2.75, 3.05) is 14.7 Å². The van der Waals surface area contributed by atoms with Crippen LogP contribution in [0.5, 0.6) is 0 Å². The number of hydrogen-bond acceptors (Lipinski definition) is 4. The second kappa shape index (κ2) is 14.4. The molecule has 1 aromatic heterocycles. The number of hydrogen-bond donors (Lipinski definition) is 0. The van der Waals surface area contributed by atoms with E-state index >= 15 is 0 Å². The molecular formula is C58H49N3S. The number of fused-ring (bicyclic) bond motifs is 6. The quantitative estimate of drug-likeness (QED) is 0.171. The zero-order valence-electron chi connectivity index (χ0n) is 36.1. The highest BCUT2D eigenvalue weighted by Crippen LogP contribution is 2.66. The fourth-order valence-electron chi connectivity index (χ4n) is 9.29. The van der Waals surface area contributed by atoms with Crippen LogP contribution in [0.15, 0.2) is 188 Å². The summed E-state index contributed by atoms with van der Waals surface area (Å²) in [7, 11) is 0. The van der Waals surface area contributed by atoms with Gasteiger partial charge in [-0.25, -0.2) is 0 Å². The fourth-order valence-corrected chi connectivity index (χ4v) is 10.5.